The Kier molecular flexibility index (Phi) is 5.00. The molecule has 0 aliphatic heterocycles. The van der Waals surface area contributed by atoms with Crippen LogP contribution in [0.25, 0.3) is 16.8 Å². The van der Waals surface area contributed by atoms with E-state index in [2.05, 4.69) is 0 Å². The predicted molar refractivity (Wildman–Crippen MR) is 98.5 cm³/mol. The van der Waals surface area contributed by atoms with Crippen molar-refractivity contribution in [1.29, 1.82) is 0 Å². The molecule has 25 heavy (non-hydrogen) atoms. The van der Waals surface area contributed by atoms with E-state index in [0.717, 1.165) is 22.5 Å². The first kappa shape index (κ1) is 17.0. The summed E-state index contributed by atoms with van der Waals surface area (Å²) in [4.78, 5) is 12.3. The van der Waals surface area contributed by atoms with Crippen LogP contribution in [0, 0.1) is 6.92 Å². The van der Waals surface area contributed by atoms with Crippen LogP contribution >= 0.6 is 0 Å². The van der Waals surface area contributed by atoms with Crippen LogP contribution in [0.2, 0.25) is 0 Å². The van der Waals surface area contributed by atoms with Crippen LogP contribution in [0.5, 0.6) is 5.75 Å². The molecule has 0 unspecified atom stereocenters. The first-order valence-corrected chi connectivity index (χ1v) is 8.24. The van der Waals surface area contributed by atoms with Crippen LogP contribution in [-0.2, 0) is 0 Å². The van der Waals surface area contributed by atoms with E-state index >= 15 is 0 Å². The molecule has 0 amide bonds. The van der Waals surface area contributed by atoms with E-state index in [1.807, 2.05) is 72.3 Å². The zero-order valence-corrected chi connectivity index (χ0v) is 14.4. The molecule has 4 heteroatoms. The van der Waals surface area contributed by atoms with E-state index in [0.29, 0.717) is 11.3 Å². The summed E-state index contributed by atoms with van der Waals surface area (Å²) in [6.07, 6.45) is 1.99. The molecule has 128 valence electrons. The highest BCUT2D eigenvalue weighted by Gasteiger charge is 2.18. The van der Waals surface area contributed by atoms with Gasteiger partial charge in [-0.15, -0.1) is 0 Å². The summed E-state index contributed by atoms with van der Waals surface area (Å²) in [5, 5.41) is 8.92. The van der Waals surface area contributed by atoms with Gasteiger partial charge >= 0.3 is 0 Å². The fourth-order valence-electron chi connectivity index (χ4n) is 3.04. The minimum absolute atomic E-state index is 0.0314. The average molecular weight is 335 g/mol. The summed E-state index contributed by atoms with van der Waals surface area (Å²) >= 11 is 0. The van der Waals surface area contributed by atoms with Crippen molar-refractivity contribution in [2.45, 2.75) is 13.8 Å². The molecule has 0 saturated carbocycles. The van der Waals surface area contributed by atoms with Crippen LogP contribution < -0.4 is 4.74 Å². The molecule has 0 fully saturated rings. The number of benzene rings is 2. The topological polar surface area (TPSA) is 51.5 Å². The third kappa shape index (κ3) is 3.49. The first-order chi connectivity index (χ1) is 12.1. The monoisotopic (exact) mass is 335 g/mol. The Hall–Kier alpha value is -2.85. The van der Waals surface area contributed by atoms with E-state index < -0.39 is 0 Å². The molecule has 1 heterocycles. The van der Waals surface area contributed by atoms with E-state index in [9.17, 15) is 4.79 Å². The molecule has 0 aliphatic rings. The Morgan fingerprint density at radius 2 is 1.88 bits per heavy atom. The number of aromatic nitrogens is 1. The second-order valence-corrected chi connectivity index (χ2v) is 5.86. The van der Waals surface area contributed by atoms with E-state index in [-0.39, 0.29) is 19.0 Å². The van der Waals surface area contributed by atoms with Crippen LogP contribution in [0.4, 0.5) is 0 Å². The fourth-order valence-corrected chi connectivity index (χ4v) is 3.04. The summed E-state index contributed by atoms with van der Waals surface area (Å²) in [6, 6.07) is 17.5. The van der Waals surface area contributed by atoms with Gasteiger partial charge in [-0.05, 0) is 43.7 Å². The van der Waals surface area contributed by atoms with Gasteiger partial charge in [0.15, 0.2) is 5.78 Å². The molecule has 0 saturated heterocycles. The molecule has 1 N–H and O–H groups in total. The molecule has 0 aliphatic carbocycles. The number of ether oxygens (including phenoxy) is 1. The summed E-state index contributed by atoms with van der Waals surface area (Å²) in [5.74, 6) is 0.704. The number of para-hydroxylation sites is 1. The Labute approximate surface area is 147 Å². The number of carbonyl (C=O) groups is 1. The SMILES string of the molecule is CC(=O)c1c(-c2cccc(OCCO)c2)cn(-c2ccccc2)c1C. The van der Waals surface area contributed by atoms with Crippen LogP contribution in [0.15, 0.2) is 60.8 Å². The number of aliphatic hydroxyl groups excluding tert-OH is 1. The van der Waals surface area contributed by atoms with Gasteiger partial charge in [0.1, 0.15) is 12.4 Å². The lowest BCUT2D eigenvalue weighted by molar-refractivity contribution is 0.101. The molecular weight excluding hydrogens is 314 g/mol. The molecule has 1 aromatic heterocycles. The smallest absolute Gasteiger partial charge is 0.162 e. The number of rotatable bonds is 6. The second kappa shape index (κ2) is 7.36. The van der Waals surface area contributed by atoms with Crippen LogP contribution in [-0.4, -0.2) is 28.7 Å². The molecular formula is C21H21NO3. The number of aliphatic hydroxyl groups is 1. The molecule has 0 bridgehead atoms. The van der Waals surface area contributed by atoms with Crippen molar-refractivity contribution in [2.24, 2.45) is 0 Å². The average Bonchev–Trinajstić information content (AvgIpc) is 2.98. The highest BCUT2D eigenvalue weighted by atomic mass is 16.5. The number of carbonyl (C=O) groups excluding carboxylic acids is 1. The number of Topliss-reactive ketones (excluding diaryl/α,β-unsaturated/α-hetero) is 1. The van der Waals surface area contributed by atoms with Gasteiger partial charge in [-0.1, -0.05) is 30.3 Å². The zero-order chi connectivity index (χ0) is 17.8. The molecule has 2 aromatic carbocycles. The Balaban J connectivity index is 2.11. The van der Waals surface area contributed by atoms with Crippen molar-refractivity contribution in [3.8, 4) is 22.6 Å². The van der Waals surface area contributed by atoms with Crippen LogP contribution in [0.3, 0.4) is 0 Å². The Morgan fingerprint density at radius 1 is 1.12 bits per heavy atom. The molecule has 3 aromatic rings. The lowest BCUT2D eigenvalue weighted by Gasteiger charge is -2.07. The van der Waals surface area contributed by atoms with Gasteiger partial charge in [-0.25, -0.2) is 0 Å². The quantitative estimate of drug-likeness (QED) is 0.692. The van der Waals surface area contributed by atoms with Crippen molar-refractivity contribution in [1.82, 2.24) is 4.57 Å². The number of nitrogens with zero attached hydrogens (tertiary/aromatic N) is 1. The molecule has 0 atom stereocenters. The summed E-state index contributed by atoms with van der Waals surface area (Å²) in [7, 11) is 0. The Morgan fingerprint density at radius 3 is 2.56 bits per heavy atom. The molecule has 4 nitrogen and oxygen atoms in total. The highest BCUT2D eigenvalue weighted by Crippen LogP contribution is 2.32. The molecule has 0 spiro atoms. The van der Waals surface area contributed by atoms with Gasteiger partial charge < -0.3 is 14.4 Å². The fraction of sp³-hybridized carbons (Fsp3) is 0.190. The maximum Gasteiger partial charge on any atom is 0.162 e. The highest BCUT2D eigenvalue weighted by molar-refractivity contribution is 6.02. The van der Waals surface area contributed by atoms with Gasteiger partial charge in [0, 0.05) is 28.7 Å². The maximum absolute atomic E-state index is 12.3. The van der Waals surface area contributed by atoms with E-state index in [4.69, 9.17) is 9.84 Å². The third-order valence-corrected chi connectivity index (χ3v) is 4.14. The van der Waals surface area contributed by atoms with E-state index in [1.165, 1.54) is 0 Å². The van der Waals surface area contributed by atoms with Crippen molar-refractivity contribution < 1.29 is 14.6 Å². The minimum atomic E-state index is -0.0353. The number of ketones is 1. The third-order valence-electron chi connectivity index (χ3n) is 4.14. The van der Waals surface area contributed by atoms with Crippen molar-refractivity contribution in [3.05, 3.63) is 72.1 Å². The standard InChI is InChI=1S/C21H21NO3/c1-15-21(16(2)24)20(14-22(15)18-8-4-3-5-9-18)17-7-6-10-19(13-17)25-12-11-23/h3-10,13-14,23H,11-12H2,1-2H3. The van der Waals surface area contributed by atoms with Gasteiger partial charge in [-0.2, -0.15) is 0 Å². The Bertz CT molecular complexity index is 881. The largest absolute Gasteiger partial charge is 0.491 e. The van der Waals surface area contributed by atoms with Crippen molar-refractivity contribution in [3.63, 3.8) is 0 Å². The van der Waals surface area contributed by atoms with E-state index in [1.54, 1.807) is 6.92 Å². The lowest BCUT2D eigenvalue weighted by Crippen LogP contribution is -2.01. The van der Waals surface area contributed by atoms with Gasteiger partial charge in [0.05, 0.1) is 6.61 Å². The lowest BCUT2D eigenvalue weighted by atomic mass is 10.0. The van der Waals surface area contributed by atoms with Crippen LogP contribution in [0.1, 0.15) is 23.0 Å². The normalized spacial score (nSPS) is 10.7. The maximum atomic E-state index is 12.3. The summed E-state index contributed by atoms with van der Waals surface area (Å²) < 4.78 is 7.53. The minimum Gasteiger partial charge on any atom is -0.491 e. The second-order valence-electron chi connectivity index (χ2n) is 5.86. The zero-order valence-electron chi connectivity index (χ0n) is 14.4. The molecule has 3 rings (SSSR count). The predicted octanol–water partition coefficient (Wildman–Crippen LogP) is 4.03. The number of hydrogen-bond acceptors (Lipinski definition) is 3. The first-order valence-electron chi connectivity index (χ1n) is 8.24. The summed E-state index contributed by atoms with van der Waals surface area (Å²) in [5.41, 5.74) is 4.43. The van der Waals surface area contributed by atoms with Gasteiger partial charge in [0.25, 0.3) is 0 Å². The van der Waals surface area contributed by atoms with Gasteiger partial charge in [0.2, 0.25) is 0 Å². The number of hydrogen-bond donors (Lipinski definition) is 1. The van der Waals surface area contributed by atoms with Crippen molar-refractivity contribution >= 4 is 5.78 Å². The summed E-state index contributed by atoms with van der Waals surface area (Å²) in [6.45, 7) is 3.76. The molecule has 0 radical (unpaired) electrons. The van der Waals surface area contributed by atoms with Crippen molar-refractivity contribution in [2.75, 3.05) is 13.2 Å². The van der Waals surface area contributed by atoms with Gasteiger partial charge in [-0.3, -0.25) is 4.79 Å².